The van der Waals surface area contributed by atoms with E-state index in [1.54, 1.807) is 39.8 Å². The van der Waals surface area contributed by atoms with Crippen molar-refractivity contribution in [3.05, 3.63) is 29.8 Å². The third kappa shape index (κ3) is 8.63. The fourth-order valence-electron chi connectivity index (χ4n) is 2.68. The number of carboxylic acid groups (broad SMARTS) is 1. The number of rotatable bonds is 11. The first kappa shape index (κ1) is 25.9. The Morgan fingerprint density at radius 2 is 1.52 bits per heavy atom. The quantitative estimate of drug-likeness (QED) is 0.277. The third-order valence-corrected chi connectivity index (χ3v) is 4.70. The number of hydrogen-bond donors (Lipinski definition) is 6. The molecule has 31 heavy (non-hydrogen) atoms. The van der Waals surface area contributed by atoms with Gasteiger partial charge in [-0.15, -0.1) is 0 Å². The maximum Gasteiger partial charge on any atom is 0.326 e. The van der Waals surface area contributed by atoms with Crippen LogP contribution in [-0.2, 0) is 25.6 Å². The lowest BCUT2D eigenvalue weighted by Crippen LogP contribution is -2.56. The van der Waals surface area contributed by atoms with Crippen molar-refractivity contribution in [2.75, 3.05) is 6.54 Å². The first-order valence-corrected chi connectivity index (χ1v) is 10.1. The second-order valence-electron chi connectivity index (χ2n) is 8.05. The molecular formula is C21H32N4O6. The number of benzene rings is 1. The summed E-state index contributed by atoms with van der Waals surface area (Å²) in [6.07, 6.45) is 0.00701. The number of aliphatic carboxylic acids is 1. The molecule has 1 aromatic carbocycles. The average molecular weight is 437 g/mol. The minimum atomic E-state index is -1.23. The van der Waals surface area contributed by atoms with Crippen LogP contribution in [0.15, 0.2) is 24.3 Å². The highest BCUT2D eigenvalue weighted by Crippen LogP contribution is 2.11. The van der Waals surface area contributed by atoms with Crippen LogP contribution in [0, 0.1) is 11.8 Å². The molecule has 0 saturated heterocycles. The van der Waals surface area contributed by atoms with E-state index >= 15 is 0 Å². The van der Waals surface area contributed by atoms with Crippen LogP contribution in [-0.4, -0.2) is 58.6 Å². The lowest BCUT2D eigenvalue weighted by atomic mass is 10.0. The molecular weight excluding hydrogens is 404 g/mol. The van der Waals surface area contributed by atoms with Crippen LogP contribution in [0.25, 0.3) is 0 Å². The van der Waals surface area contributed by atoms with Crippen LogP contribution in [0.3, 0.4) is 0 Å². The molecule has 1 aromatic rings. The molecule has 0 aliphatic heterocycles. The molecule has 0 bridgehead atoms. The molecule has 3 atom stereocenters. The normalized spacial score (nSPS) is 13.9. The van der Waals surface area contributed by atoms with Gasteiger partial charge in [-0.3, -0.25) is 14.4 Å². The van der Waals surface area contributed by atoms with Crippen molar-refractivity contribution in [2.45, 2.75) is 52.2 Å². The number of hydrogen-bond acceptors (Lipinski definition) is 6. The SMILES string of the molecule is CC(C)C(N)C(=O)NC(C(=O)NCC(=O)NC(Cc1ccc(O)cc1)C(=O)O)C(C)C. The second-order valence-corrected chi connectivity index (χ2v) is 8.05. The predicted octanol–water partition coefficient (Wildman–Crippen LogP) is -0.256. The molecule has 7 N–H and O–H groups in total. The predicted molar refractivity (Wildman–Crippen MR) is 114 cm³/mol. The van der Waals surface area contributed by atoms with Gasteiger partial charge in [0.05, 0.1) is 12.6 Å². The van der Waals surface area contributed by atoms with Crippen LogP contribution >= 0.6 is 0 Å². The van der Waals surface area contributed by atoms with E-state index in [1.807, 2.05) is 0 Å². The Balaban J connectivity index is 2.66. The second kappa shape index (κ2) is 11.9. The molecule has 0 aliphatic rings. The van der Waals surface area contributed by atoms with Gasteiger partial charge in [0, 0.05) is 6.42 Å². The fraction of sp³-hybridized carbons (Fsp3) is 0.524. The number of carbonyl (C=O) groups is 4. The fourth-order valence-corrected chi connectivity index (χ4v) is 2.68. The van der Waals surface area contributed by atoms with Gasteiger partial charge in [-0.2, -0.15) is 0 Å². The van der Waals surface area contributed by atoms with Gasteiger partial charge in [0.25, 0.3) is 0 Å². The molecule has 0 aromatic heterocycles. The molecule has 1 rings (SSSR count). The van der Waals surface area contributed by atoms with E-state index in [-0.39, 0.29) is 24.0 Å². The summed E-state index contributed by atoms with van der Waals surface area (Å²) in [5.74, 6) is -3.28. The van der Waals surface area contributed by atoms with Gasteiger partial charge in [0.15, 0.2) is 0 Å². The Hall–Kier alpha value is -3.14. The molecule has 0 saturated carbocycles. The summed E-state index contributed by atoms with van der Waals surface area (Å²) >= 11 is 0. The Morgan fingerprint density at radius 1 is 0.935 bits per heavy atom. The van der Waals surface area contributed by atoms with Crippen LogP contribution in [0.4, 0.5) is 0 Å². The summed E-state index contributed by atoms with van der Waals surface area (Å²) in [6, 6.07) is 3.07. The highest BCUT2D eigenvalue weighted by molar-refractivity contribution is 5.92. The molecule has 10 nitrogen and oxygen atoms in total. The number of aromatic hydroxyl groups is 1. The van der Waals surface area contributed by atoms with Gasteiger partial charge in [-0.1, -0.05) is 39.8 Å². The zero-order valence-corrected chi connectivity index (χ0v) is 18.2. The summed E-state index contributed by atoms with van der Waals surface area (Å²) in [7, 11) is 0. The summed E-state index contributed by atoms with van der Waals surface area (Å²) in [5.41, 5.74) is 6.42. The Labute approximate surface area is 181 Å². The largest absolute Gasteiger partial charge is 0.508 e. The van der Waals surface area contributed by atoms with Gasteiger partial charge in [0.2, 0.25) is 17.7 Å². The molecule has 0 fully saturated rings. The van der Waals surface area contributed by atoms with Crippen LogP contribution in [0.5, 0.6) is 5.75 Å². The maximum atomic E-state index is 12.5. The molecule has 172 valence electrons. The summed E-state index contributed by atoms with van der Waals surface area (Å²) in [5, 5.41) is 26.0. The van der Waals surface area contributed by atoms with Gasteiger partial charge in [0.1, 0.15) is 17.8 Å². The highest BCUT2D eigenvalue weighted by Gasteiger charge is 2.28. The summed E-state index contributed by atoms with van der Waals surface area (Å²) in [6.45, 7) is 6.60. The smallest absolute Gasteiger partial charge is 0.326 e. The van der Waals surface area contributed by atoms with Gasteiger partial charge in [-0.25, -0.2) is 4.79 Å². The van der Waals surface area contributed by atoms with E-state index in [2.05, 4.69) is 16.0 Å². The summed E-state index contributed by atoms with van der Waals surface area (Å²) < 4.78 is 0. The first-order chi connectivity index (χ1) is 14.4. The van der Waals surface area contributed by atoms with E-state index in [9.17, 15) is 29.4 Å². The Morgan fingerprint density at radius 3 is 2.00 bits per heavy atom. The minimum Gasteiger partial charge on any atom is -0.508 e. The lowest BCUT2D eigenvalue weighted by Gasteiger charge is -2.24. The highest BCUT2D eigenvalue weighted by atomic mass is 16.4. The summed E-state index contributed by atoms with van der Waals surface area (Å²) in [4.78, 5) is 48.3. The standard InChI is InChI=1S/C21H32N4O6/c1-11(2)17(22)19(28)25-18(12(3)4)20(29)23-10-16(27)24-15(21(30)31)9-13-5-7-14(26)8-6-13/h5-8,11-12,15,17-18,26H,9-10,22H2,1-4H3,(H,23,29)(H,24,27)(H,25,28)(H,30,31). The molecule has 0 aliphatic carbocycles. The molecule has 3 unspecified atom stereocenters. The van der Waals surface area contributed by atoms with Crippen LogP contribution < -0.4 is 21.7 Å². The topological polar surface area (TPSA) is 171 Å². The van der Waals surface area contributed by atoms with E-state index < -0.39 is 48.4 Å². The Bertz CT molecular complexity index is 779. The number of amides is 3. The van der Waals surface area contributed by atoms with Gasteiger partial charge >= 0.3 is 5.97 Å². The maximum absolute atomic E-state index is 12.5. The van der Waals surface area contributed by atoms with Crippen molar-refractivity contribution in [3.8, 4) is 5.75 Å². The van der Waals surface area contributed by atoms with Gasteiger partial charge in [-0.05, 0) is 29.5 Å². The van der Waals surface area contributed by atoms with Crippen molar-refractivity contribution in [1.82, 2.24) is 16.0 Å². The van der Waals surface area contributed by atoms with Gasteiger partial charge < -0.3 is 31.9 Å². The molecule has 0 heterocycles. The van der Waals surface area contributed by atoms with Crippen LogP contribution in [0.2, 0.25) is 0 Å². The zero-order chi connectivity index (χ0) is 23.7. The van der Waals surface area contributed by atoms with E-state index in [1.165, 1.54) is 12.1 Å². The van der Waals surface area contributed by atoms with Crippen molar-refractivity contribution < 1.29 is 29.4 Å². The number of phenolic OH excluding ortho intramolecular Hbond substituents is 1. The monoisotopic (exact) mass is 436 g/mol. The van der Waals surface area contributed by atoms with Crippen molar-refractivity contribution in [1.29, 1.82) is 0 Å². The van der Waals surface area contributed by atoms with Crippen molar-refractivity contribution in [3.63, 3.8) is 0 Å². The first-order valence-electron chi connectivity index (χ1n) is 10.1. The lowest BCUT2D eigenvalue weighted by molar-refractivity contribution is -0.141. The number of carbonyl (C=O) groups excluding carboxylic acids is 3. The molecule has 0 radical (unpaired) electrons. The number of nitrogens with one attached hydrogen (secondary N) is 3. The van der Waals surface area contributed by atoms with Crippen molar-refractivity contribution >= 4 is 23.7 Å². The van der Waals surface area contributed by atoms with E-state index in [4.69, 9.17) is 5.73 Å². The Kier molecular flexibility index (Phi) is 9.94. The van der Waals surface area contributed by atoms with Crippen LogP contribution in [0.1, 0.15) is 33.3 Å². The molecule has 0 spiro atoms. The minimum absolute atomic E-state index is 0.00701. The van der Waals surface area contributed by atoms with E-state index in [0.29, 0.717) is 5.56 Å². The number of carboxylic acids is 1. The number of phenols is 1. The average Bonchev–Trinajstić information content (AvgIpc) is 2.70. The van der Waals surface area contributed by atoms with E-state index in [0.717, 1.165) is 0 Å². The molecule has 10 heteroatoms. The van der Waals surface area contributed by atoms with Crippen molar-refractivity contribution in [2.24, 2.45) is 17.6 Å². The zero-order valence-electron chi connectivity index (χ0n) is 18.2. The third-order valence-electron chi connectivity index (χ3n) is 4.70. The molecule has 3 amide bonds. The number of nitrogens with two attached hydrogens (primary N) is 1.